The van der Waals surface area contributed by atoms with Crippen molar-refractivity contribution in [2.45, 2.75) is 71.3 Å². The van der Waals surface area contributed by atoms with Crippen molar-refractivity contribution in [3.8, 4) is 5.75 Å². The van der Waals surface area contributed by atoms with Crippen LogP contribution < -0.4 is 10.1 Å². The van der Waals surface area contributed by atoms with Gasteiger partial charge in [-0.3, -0.25) is 4.79 Å². The van der Waals surface area contributed by atoms with E-state index in [9.17, 15) is 4.79 Å². The van der Waals surface area contributed by atoms with Gasteiger partial charge >= 0.3 is 0 Å². The van der Waals surface area contributed by atoms with Gasteiger partial charge in [0.25, 0.3) is 5.91 Å². The summed E-state index contributed by atoms with van der Waals surface area (Å²) < 4.78 is 11.4. The lowest BCUT2D eigenvalue weighted by Gasteiger charge is -2.22. The van der Waals surface area contributed by atoms with Crippen molar-refractivity contribution in [3.63, 3.8) is 0 Å². The minimum absolute atomic E-state index is 0.0141. The molecule has 1 aromatic rings. The Hall–Kier alpha value is -1.55. The molecule has 0 aliphatic heterocycles. The molecular weight excluding hydrogens is 314 g/mol. The molecular formula is C21H33NO3. The number of rotatable bonds is 8. The second kappa shape index (κ2) is 9.81. The van der Waals surface area contributed by atoms with Crippen molar-refractivity contribution >= 4 is 5.91 Å². The van der Waals surface area contributed by atoms with Crippen LogP contribution in [0.2, 0.25) is 0 Å². The fourth-order valence-corrected chi connectivity index (χ4v) is 3.42. The molecule has 1 fully saturated rings. The third-order valence-corrected chi connectivity index (χ3v) is 4.96. The highest BCUT2D eigenvalue weighted by molar-refractivity contribution is 5.96. The van der Waals surface area contributed by atoms with E-state index >= 15 is 0 Å². The SMILES string of the molecule is COc1cc(C)c(C(=O)NCCCOC2CCCCC2)cc1C(C)C. The van der Waals surface area contributed by atoms with Crippen LogP contribution in [-0.4, -0.2) is 32.3 Å². The molecule has 0 spiro atoms. The molecule has 1 saturated carbocycles. The quantitative estimate of drug-likeness (QED) is 0.699. The zero-order valence-electron chi connectivity index (χ0n) is 16.2. The normalized spacial score (nSPS) is 15.4. The molecule has 4 nitrogen and oxygen atoms in total. The van der Waals surface area contributed by atoms with E-state index in [0.29, 0.717) is 18.6 Å². The highest BCUT2D eigenvalue weighted by atomic mass is 16.5. The van der Waals surface area contributed by atoms with Crippen LogP contribution in [0.4, 0.5) is 0 Å². The summed E-state index contributed by atoms with van der Waals surface area (Å²) in [7, 11) is 1.67. The summed E-state index contributed by atoms with van der Waals surface area (Å²) >= 11 is 0. The number of carbonyl (C=O) groups excluding carboxylic acids is 1. The van der Waals surface area contributed by atoms with Gasteiger partial charge in [-0.05, 0) is 55.4 Å². The van der Waals surface area contributed by atoms with Crippen LogP contribution in [0.5, 0.6) is 5.75 Å². The second-order valence-electron chi connectivity index (χ2n) is 7.30. The van der Waals surface area contributed by atoms with Gasteiger partial charge in [0.05, 0.1) is 13.2 Å². The molecule has 0 atom stereocenters. The van der Waals surface area contributed by atoms with Gasteiger partial charge in [0.15, 0.2) is 0 Å². The van der Waals surface area contributed by atoms with E-state index in [0.717, 1.165) is 35.5 Å². The first-order valence-electron chi connectivity index (χ1n) is 9.61. The molecule has 1 amide bonds. The average Bonchev–Trinajstić information content (AvgIpc) is 2.61. The lowest BCUT2D eigenvalue weighted by Crippen LogP contribution is -2.27. The average molecular weight is 347 g/mol. The Morgan fingerprint density at radius 1 is 1.24 bits per heavy atom. The molecule has 1 aromatic carbocycles. The van der Waals surface area contributed by atoms with E-state index in [1.165, 1.54) is 32.1 Å². The van der Waals surface area contributed by atoms with Gasteiger partial charge in [0, 0.05) is 18.7 Å². The molecule has 1 N–H and O–H groups in total. The Morgan fingerprint density at radius 2 is 1.96 bits per heavy atom. The highest BCUT2D eigenvalue weighted by Crippen LogP contribution is 2.29. The van der Waals surface area contributed by atoms with Crippen molar-refractivity contribution < 1.29 is 14.3 Å². The lowest BCUT2D eigenvalue weighted by molar-refractivity contribution is 0.0273. The van der Waals surface area contributed by atoms with Crippen LogP contribution in [0.15, 0.2) is 12.1 Å². The van der Waals surface area contributed by atoms with Gasteiger partial charge < -0.3 is 14.8 Å². The summed E-state index contributed by atoms with van der Waals surface area (Å²) in [6.45, 7) is 7.54. The van der Waals surface area contributed by atoms with Gasteiger partial charge in [0.1, 0.15) is 5.75 Å². The molecule has 0 radical (unpaired) electrons. The number of methoxy groups -OCH3 is 1. The summed E-state index contributed by atoms with van der Waals surface area (Å²) in [5.74, 6) is 1.15. The lowest BCUT2D eigenvalue weighted by atomic mass is 9.96. The number of amides is 1. The molecule has 1 aliphatic rings. The fraction of sp³-hybridized carbons (Fsp3) is 0.667. The molecule has 0 aromatic heterocycles. The first kappa shape index (κ1) is 19.8. The Bertz CT molecular complexity index is 563. The topological polar surface area (TPSA) is 47.6 Å². The molecule has 140 valence electrons. The summed E-state index contributed by atoms with van der Waals surface area (Å²) in [6.07, 6.45) is 7.59. The van der Waals surface area contributed by atoms with Crippen LogP contribution in [0.25, 0.3) is 0 Å². The number of benzene rings is 1. The van der Waals surface area contributed by atoms with Crippen LogP contribution in [0.1, 0.15) is 79.8 Å². The predicted molar refractivity (Wildman–Crippen MR) is 102 cm³/mol. The number of aryl methyl sites for hydroxylation is 1. The second-order valence-corrected chi connectivity index (χ2v) is 7.30. The van der Waals surface area contributed by atoms with Gasteiger partial charge in [0.2, 0.25) is 0 Å². The van der Waals surface area contributed by atoms with Crippen molar-refractivity contribution in [1.82, 2.24) is 5.32 Å². The largest absolute Gasteiger partial charge is 0.496 e. The number of nitrogens with one attached hydrogen (secondary N) is 1. The van der Waals surface area contributed by atoms with E-state index in [4.69, 9.17) is 9.47 Å². The maximum absolute atomic E-state index is 12.5. The summed E-state index contributed by atoms with van der Waals surface area (Å²) in [5, 5.41) is 3.02. The summed E-state index contributed by atoms with van der Waals surface area (Å²) in [5.41, 5.74) is 2.74. The number of ether oxygens (including phenoxy) is 2. The zero-order chi connectivity index (χ0) is 18.2. The van der Waals surface area contributed by atoms with Crippen LogP contribution >= 0.6 is 0 Å². The smallest absolute Gasteiger partial charge is 0.251 e. The summed E-state index contributed by atoms with van der Waals surface area (Å²) in [6, 6.07) is 3.92. The number of carbonyl (C=O) groups is 1. The minimum Gasteiger partial charge on any atom is -0.496 e. The van der Waals surface area contributed by atoms with Crippen LogP contribution in [-0.2, 0) is 4.74 Å². The molecule has 0 heterocycles. The first-order chi connectivity index (χ1) is 12.0. The van der Waals surface area contributed by atoms with E-state index in [2.05, 4.69) is 19.2 Å². The zero-order valence-corrected chi connectivity index (χ0v) is 16.2. The van der Waals surface area contributed by atoms with Gasteiger partial charge in [-0.2, -0.15) is 0 Å². The predicted octanol–water partition coefficient (Wildman–Crippen LogP) is 4.60. The monoisotopic (exact) mass is 347 g/mol. The van der Waals surface area contributed by atoms with Crippen molar-refractivity contribution in [2.24, 2.45) is 0 Å². The minimum atomic E-state index is -0.0141. The van der Waals surface area contributed by atoms with Gasteiger partial charge in [-0.1, -0.05) is 33.1 Å². The van der Waals surface area contributed by atoms with E-state index < -0.39 is 0 Å². The Kier molecular flexibility index (Phi) is 7.76. The molecule has 0 bridgehead atoms. The number of hydrogen-bond acceptors (Lipinski definition) is 3. The third kappa shape index (κ3) is 5.74. The van der Waals surface area contributed by atoms with Crippen LogP contribution in [0.3, 0.4) is 0 Å². The summed E-state index contributed by atoms with van der Waals surface area (Å²) in [4.78, 5) is 12.5. The van der Waals surface area contributed by atoms with E-state index in [1.54, 1.807) is 7.11 Å². The van der Waals surface area contributed by atoms with Gasteiger partial charge in [-0.25, -0.2) is 0 Å². The molecule has 0 saturated heterocycles. The standard InChI is InChI=1S/C21H33NO3/c1-15(2)18-14-19(16(3)13-20(18)24-4)21(23)22-11-8-12-25-17-9-6-5-7-10-17/h13-15,17H,5-12H2,1-4H3,(H,22,23). The Labute approximate surface area is 152 Å². The highest BCUT2D eigenvalue weighted by Gasteiger charge is 2.16. The molecule has 4 heteroatoms. The first-order valence-corrected chi connectivity index (χ1v) is 9.61. The maximum Gasteiger partial charge on any atom is 0.251 e. The molecule has 0 unspecified atom stereocenters. The van der Waals surface area contributed by atoms with Crippen molar-refractivity contribution in [1.29, 1.82) is 0 Å². The van der Waals surface area contributed by atoms with E-state index in [-0.39, 0.29) is 5.91 Å². The molecule has 1 aliphatic carbocycles. The molecule has 2 rings (SSSR count). The van der Waals surface area contributed by atoms with Crippen molar-refractivity contribution in [3.05, 3.63) is 28.8 Å². The number of hydrogen-bond donors (Lipinski definition) is 1. The maximum atomic E-state index is 12.5. The molecule has 25 heavy (non-hydrogen) atoms. The third-order valence-electron chi connectivity index (χ3n) is 4.96. The van der Waals surface area contributed by atoms with Gasteiger partial charge in [-0.15, -0.1) is 0 Å². The Morgan fingerprint density at radius 3 is 2.60 bits per heavy atom. The van der Waals surface area contributed by atoms with Crippen molar-refractivity contribution in [2.75, 3.05) is 20.3 Å². The van der Waals surface area contributed by atoms with Crippen LogP contribution in [0, 0.1) is 6.92 Å². The fourth-order valence-electron chi connectivity index (χ4n) is 3.42. The Balaban J connectivity index is 1.82. The van der Waals surface area contributed by atoms with E-state index in [1.807, 2.05) is 19.1 Å².